The van der Waals surface area contributed by atoms with Crippen LogP contribution in [0.4, 0.5) is 0 Å². The Labute approximate surface area is 107 Å². The maximum atomic E-state index is 4.48. The zero-order valence-electron chi connectivity index (χ0n) is 10.8. The first-order valence-corrected chi connectivity index (χ1v) is 6.45. The molecular weight excluding hydrogens is 226 g/mol. The molecule has 1 aliphatic carbocycles. The fourth-order valence-corrected chi connectivity index (χ4v) is 2.35. The summed E-state index contributed by atoms with van der Waals surface area (Å²) in [6, 6.07) is 0.360. The van der Waals surface area contributed by atoms with E-state index in [1.807, 2.05) is 18.6 Å². The summed E-state index contributed by atoms with van der Waals surface area (Å²) in [4.78, 5) is 4.48. The summed E-state index contributed by atoms with van der Waals surface area (Å²) in [5.41, 5.74) is 2.37. The minimum atomic E-state index is 0.360. The van der Waals surface area contributed by atoms with E-state index in [1.54, 1.807) is 0 Å². The molecule has 1 fully saturated rings. The van der Waals surface area contributed by atoms with Crippen LogP contribution in [-0.4, -0.2) is 19.7 Å². The summed E-state index contributed by atoms with van der Waals surface area (Å²) in [6.45, 7) is 2.90. The number of aryl methyl sites for hydroxylation is 2. The van der Waals surface area contributed by atoms with Crippen LogP contribution < -0.4 is 5.32 Å². The van der Waals surface area contributed by atoms with Crippen LogP contribution in [0.2, 0.25) is 0 Å². The van der Waals surface area contributed by atoms with Crippen molar-refractivity contribution in [3.05, 3.63) is 35.7 Å². The van der Waals surface area contributed by atoms with Gasteiger partial charge in [0.15, 0.2) is 0 Å². The Balaban J connectivity index is 1.72. The maximum absolute atomic E-state index is 4.48. The highest BCUT2D eigenvalue weighted by molar-refractivity contribution is 5.15. The van der Waals surface area contributed by atoms with Gasteiger partial charge in [0.2, 0.25) is 0 Å². The van der Waals surface area contributed by atoms with Crippen LogP contribution in [0.5, 0.6) is 0 Å². The van der Waals surface area contributed by atoms with E-state index in [1.165, 1.54) is 18.4 Å². The third-order valence-electron chi connectivity index (χ3n) is 3.68. The predicted octanol–water partition coefficient (Wildman–Crippen LogP) is 1.69. The summed E-state index contributed by atoms with van der Waals surface area (Å²) in [7, 11) is 2.06. The van der Waals surface area contributed by atoms with E-state index in [0.717, 1.165) is 24.0 Å². The van der Waals surface area contributed by atoms with Gasteiger partial charge in [-0.1, -0.05) is 0 Å². The minimum absolute atomic E-state index is 0.360. The molecule has 0 radical (unpaired) electrons. The third kappa shape index (κ3) is 2.18. The largest absolute Gasteiger partial charge is 0.337 e. The van der Waals surface area contributed by atoms with Gasteiger partial charge in [-0.15, -0.1) is 0 Å². The SMILES string of the molecule is Cc1[nH]ncc1CNC(c1nccn1C)C1CC1. The Morgan fingerprint density at radius 1 is 1.56 bits per heavy atom. The molecule has 1 aliphatic rings. The number of hydrogen-bond donors (Lipinski definition) is 2. The van der Waals surface area contributed by atoms with Gasteiger partial charge in [0.1, 0.15) is 5.82 Å². The molecule has 0 spiro atoms. The fourth-order valence-electron chi connectivity index (χ4n) is 2.35. The lowest BCUT2D eigenvalue weighted by molar-refractivity contribution is 0.446. The first-order valence-electron chi connectivity index (χ1n) is 6.45. The lowest BCUT2D eigenvalue weighted by atomic mass is 10.1. The van der Waals surface area contributed by atoms with E-state index in [0.29, 0.717) is 6.04 Å². The summed E-state index contributed by atoms with van der Waals surface area (Å²) in [6.07, 6.45) is 8.37. The van der Waals surface area contributed by atoms with Crippen LogP contribution in [0, 0.1) is 12.8 Å². The van der Waals surface area contributed by atoms with Crippen LogP contribution in [0.3, 0.4) is 0 Å². The van der Waals surface area contributed by atoms with Crippen molar-refractivity contribution in [3.63, 3.8) is 0 Å². The van der Waals surface area contributed by atoms with Gasteiger partial charge in [0.05, 0.1) is 12.2 Å². The summed E-state index contributed by atoms with van der Waals surface area (Å²) >= 11 is 0. The monoisotopic (exact) mass is 245 g/mol. The minimum Gasteiger partial charge on any atom is -0.337 e. The topological polar surface area (TPSA) is 58.5 Å². The second-order valence-electron chi connectivity index (χ2n) is 5.11. The maximum Gasteiger partial charge on any atom is 0.125 e. The summed E-state index contributed by atoms with van der Waals surface area (Å²) in [5.74, 6) is 1.87. The van der Waals surface area contributed by atoms with Crippen LogP contribution in [0.15, 0.2) is 18.6 Å². The molecule has 2 aromatic heterocycles. The Morgan fingerprint density at radius 2 is 2.39 bits per heavy atom. The molecule has 2 heterocycles. The smallest absolute Gasteiger partial charge is 0.125 e. The molecule has 0 aliphatic heterocycles. The number of aromatic amines is 1. The highest BCUT2D eigenvalue weighted by Crippen LogP contribution is 2.40. The zero-order chi connectivity index (χ0) is 12.5. The molecule has 1 unspecified atom stereocenters. The number of hydrogen-bond acceptors (Lipinski definition) is 3. The molecule has 96 valence electrons. The lowest BCUT2D eigenvalue weighted by Crippen LogP contribution is -2.25. The number of rotatable bonds is 5. The van der Waals surface area contributed by atoms with Crippen molar-refractivity contribution in [2.45, 2.75) is 32.4 Å². The quantitative estimate of drug-likeness (QED) is 0.842. The Hall–Kier alpha value is -1.62. The third-order valence-corrected chi connectivity index (χ3v) is 3.68. The van der Waals surface area contributed by atoms with Crippen molar-refractivity contribution in [3.8, 4) is 0 Å². The molecule has 1 saturated carbocycles. The Morgan fingerprint density at radius 3 is 2.94 bits per heavy atom. The molecule has 0 amide bonds. The number of nitrogens with zero attached hydrogens (tertiary/aromatic N) is 3. The molecule has 3 rings (SSSR count). The number of imidazole rings is 1. The van der Waals surface area contributed by atoms with Crippen LogP contribution in [0.25, 0.3) is 0 Å². The van der Waals surface area contributed by atoms with Gasteiger partial charge >= 0.3 is 0 Å². The highest BCUT2D eigenvalue weighted by atomic mass is 15.1. The molecule has 5 nitrogen and oxygen atoms in total. The average Bonchev–Trinajstić information content (AvgIpc) is 2.98. The first kappa shape index (κ1) is 11.5. The average molecular weight is 245 g/mol. The van der Waals surface area contributed by atoms with Gasteiger partial charge in [0, 0.05) is 37.2 Å². The number of aromatic nitrogens is 4. The molecule has 5 heteroatoms. The van der Waals surface area contributed by atoms with Crippen LogP contribution >= 0.6 is 0 Å². The van der Waals surface area contributed by atoms with Gasteiger partial charge < -0.3 is 9.88 Å². The molecular formula is C13H19N5. The molecule has 2 aromatic rings. The highest BCUT2D eigenvalue weighted by Gasteiger charge is 2.34. The number of H-pyrrole nitrogens is 1. The van der Waals surface area contributed by atoms with Crippen molar-refractivity contribution >= 4 is 0 Å². The second-order valence-corrected chi connectivity index (χ2v) is 5.11. The Kier molecular flexibility index (Phi) is 2.91. The fraction of sp³-hybridized carbons (Fsp3) is 0.538. The zero-order valence-corrected chi connectivity index (χ0v) is 10.8. The standard InChI is InChI=1S/C13H19N5/c1-9-11(8-16-17-9)7-15-12(10-3-4-10)13-14-5-6-18(13)2/h5-6,8,10,12,15H,3-4,7H2,1-2H3,(H,16,17). The number of nitrogens with one attached hydrogen (secondary N) is 2. The van der Waals surface area contributed by atoms with E-state index >= 15 is 0 Å². The van der Waals surface area contributed by atoms with E-state index < -0.39 is 0 Å². The second kappa shape index (κ2) is 4.57. The van der Waals surface area contributed by atoms with Gasteiger partial charge in [-0.05, 0) is 25.7 Å². The summed E-state index contributed by atoms with van der Waals surface area (Å²) in [5, 5.41) is 10.7. The first-order chi connectivity index (χ1) is 8.75. The predicted molar refractivity (Wildman–Crippen MR) is 68.8 cm³/mol. The molecule has 1 atom stereocenters. The van der Waals surface area contributed by atoms with Gasteiger partial charge in [-0.25, -0.2) is 4.98 Å². The van der Waals surface area contributed by atoms with Crippen LogP contribution in [-0.2, 0) is 13.6 Å². The van der Waals surface area contributed by atoms with Crippen molar-refractivity contribution in [2.24, 2.45) is 13.0 Å². The van der Waals surface area contributed by atoms with Gasteiger partial charge in [-0.2, -0.15) is 5.10 Å². The molecule has 18 heavy (non-hydrogen) atoms. The van der Waals surface area contributed by atoms with E-state index in [2.05, 4.69) is 39.0 Å². The van der Waals surface area contributed by atoms with Crippen molar-refractivity contribution in [1.82, 2.24) is 25.1 Å². The van der Waals surface area contributed by atoms with Crippen LogP contribution in [0.1, 0.15) is 36.0 Å². The van der Waals surface area contributed by atoms with E-state index in [-0.39, 0.29) is 0 Å². The van der Waals surface area contributed by atoms with Gasteiger partial charge in [0.25, 0.3) is 0 Å². The molecule has 0 aromatic carbocycles. The molecule has 0 bridgehead atoms. The van der Waals surface area contributed by atoms with Crippen molar-refractivity contribution in [1.29, 1.82) is 0 Å². The van der Waals surface area contributed by atoms with Gasteiger partial charge in [-0.3, -0.25) is 5.10 Å². The van der Waals surface area contributed by atoms with E-state index in [4.69, 9.17) is 0 Å². The Bertz CT molecular complexity index is 523. The van der Waals surface area contributed by atoms with E-state index in [9.17, 15) is 0 Å². The lowest BCUT2D eigenvalue weighted by Gasteiger charge is -2.17. The van der Waals surface area contributed by atoms with Crippen molar-refractivity contribution < 1.29 is 0 Å². The molecule has 0 saturated heterocycles. The normalized spacial score (nSPS) is 17.0. The summed E-state index contributed by atoms with van der Waals surface area (Å²) < 4.78 is 2.11. The van der Waals surface area contributed by atoms with Crippen molar-refractivity contribution in [2.75, 3.05) is 0 Å². The molecule has 2 N–H and O–H groups in total.